The molecule has 5 atom stereocenters. The second kappa shape index (κ2) is 46.7. The summed E-state index contributed by atoms with van der Waals surface area (Å²) in [6.07, 6.45) is 13.7. The Labute approximate surface area is 638 Å². The van der Waals surface area contributed by atoms with Gasteiger partial charge in [0.25, 0.3) is 11.8 Å². The van der Waals surface area contributed by atoms with Crippen molar-refractivity contribution in [2.45, 2.75) is 142 Å². The van der Waals surface area contributed by atoms with Gasteiger partial charge in [0.1, 0.15) is 12.6 Å². The van der Waals surface area contributed by atoms with E-state index in [1.165, 1.54) is 83.1 Å². The molecule has 0 aromatic heterocycles. The summed E-state index contributed by atoms with van der Waals surface area (Å²) in [5.74, 6) is -0.195. The Bertz CT molecular complexity index is 3530. The van der Waals surface area contributed by atoms with E-state index >= 15 is 0 Å². The molecule has 4 heterocycles. The fourth-order valence-corrected chi connectivity index (χ4v) is 12.9. The third-order valence-electron chi connectivity index (χ3n) is 18.8. The van der Waals surface area contributed by atoms with Gasteiger partial charge in [-0.05, 0) is 75.3 Å². The minimum atomic E-state index is -1.54. The van der Waals surface area contributed by atoms with Crippen LogP contribution in [-0.4, -0.2) is 246 Å². The van der Waals surface area contributed by atoms with Gasteiger partial charge in [-0.25, -0.2) is 9.69 Å². The summed E-state index contributed by atoms with van der Waals surface area (Å²) in [5, 5.41) is 25.5. The van der Waals surface area contributed by atoms with E-state index in [1.54, 1.807) is 53.7 Å². The van der Waals surface area contributed by atoms with E-state index in [0.29, 0.717) is 164 Å². The molecule has 8 rings (SSSR count). The fraction of sp³-hybridized carbons (Fsp3) is 0.603. The van der Waals surface area contributed by atoms with Crippen LogP contribution in [0.25, 0.3) is 0 Å². The zero-order valence-corrected chi connectivity index (χ0v) is 63.9. The number of amides is 8. The van der Waals surface area contributed by atoms with Gasteiger partial charge in [-0.2, -0.15) is 0 Å². The van der Waals surface area contributed by atoms with Crippen molar-refractivity contribution in [3.05, 3.63) is 88.8 Å². The molecular weight excluding hydrogens is 1410 g/mol. The highest BCUT2D eigenvalue weighted by atomic mass is 16.6. The van der Waals surface area contributed by atoms with E-state index in [2.05, 4.69) is 38.5 Å². The predicted octanol–water partition coefficient (Wildman–Crippen LogP) is 7.07. The average Bonchev–Trinajstić information content (AvgIpc) is 1.63. The molecule has 4 aliphatic heterocycles. The summed E-state index contributed by atoms with van der Waals surface area (Å²) in [6.45, 7) is 13.6. The summed E-state index contributed by atoms with van der Waals surface area (Å²) in [7, 11) is 2.91. The Kier molecular flexibility index (Phi) is 36.7. The van der Waals surface area contributed by atoms with Crippen molar-refractivity contribution in [3.8, 4) is 23.0 Å². The van der Waals surface area contributed by atoms with Crippen molar-refractivity contribution < 1.29 is 105 Å². The summed E-state index contributed by atoms with van der Waals surface area (Å²) < 4.78 is 73.6. The zero-order chi connectivity index (χ0) is 77.7. The number of benzene rings is 3. The lowest BCUT2D eigenvalue weighted by Crippen LogP contribution is -2.50. The normalized spacial score (nSPS) is 17.4. The number of anilines is 2. The highest BCUT2D eigenvalue weighted by Crippen LogP contribution is 2.43. The van der Waals surface area contributed by atoms with Gasteiger partial charge in [-0.15, -0.1) is 0 Å². The second-order valence-corrected chi connectivity index (χ2v) is 27.3. The molecule has 109 heavy (non-hydrogen) atoms. The summed E-state index contributed by atoms with van der Waals surface area (Å²) >= 11 is 0. The Balaban J connectivity index is 0.602. The smallest absolute Gasteiger partial charge is 0.416 e. The molecule has 6 N–H and O–H groups in total. The molecule has 0 bridgehead atoms. The average molecular weight is 1530 g/mol. The van der Waals surface area contributed by atoms with Crippen LogP contribution in [0.1, 0.15) is 137 Å². The molecule has 3 aromatic carbocycles. The van der Waals surface area contributed by atoms with Crippen LogP contribution in [0.5, 0.6) is 23.0 Å². The number of rotatable bonds is 48. The maximum atomic E-state index is 14.2. The summed E-state index contributed by atoms with van der Waals surface area (Å²) in [4.78, 5) is 113. The quantitative estimate of drug-likeness (QED) is 0.0308. The fourth-order valence-electron chi connectivity index (χ4n) is 12.9. The number of aliphatic hydroxyl groups is 1. The van der Waals surface area contributed by atoms with Crippen molar-refractivity contribution in [3.63, 3.8) is 0 Å². The van der Waals surface area contributed by atoms with Crippen LogP contribution in [0.3, 0.4) is 0 Å². The third-order valence-corrected chi connectivity index (χ3v) is 18.8. The minimum Gasteiger partial charge on any atom is -0.493 e. The number of carbonyl (C=O) groups excluding carboxylic acids is 8. The van der Waals surface area contributed by atoms with Gasteiger partial charge in [-0.3, -0.25) is 38.6 Å². The maximum absolute atomic E-state index is 14.2. The molecule has 0 saturated heterocycles. The van der Waals surface area contributed by atoms with Gasteiger partial charge in [0.15, 0.2) is 29.2 Å². The summed E-state index contributed by atoms with van der Waals surface area (Å²) in [5.41, 5.74) is 3.74. The van der Waals surface area contributed by atoms with Crippen LogP contribution in [0.4, 0.5) is 21.9 Å². The van der Waals surface area contributed by atoms with Crippen LogP contribution < -0.4 is 50.4 Å². The molecule has 1 aliphatic carbocycles. The van der Waals surface area contributed by atoms with Crippen LogP contribution in [0.2, 0.25) is 0 Å². The number of nitrogens with zero attached hydrogens (tertiary/aromatic N) is 4. The molecule has 2 unspecified atom stereocenters. The maximum Gasteiger partial charge on any atom is 0.416 e. The van der Waals surface area contributed by atoms with E-state index in [1.807, 2.05) is 20.0 Å². The number of fused-ring (bicyclic) bond motifs is 4. The molecule has 3 aromatic rings. The highest BCUT2D eigenvalue weighted by Gasteiger charge is 2.45. The Morgan fingerprint density at radius 2 is 1.08 bits per heavy atom. The number of methoxy groups -OCH3 is 2. The van der Waals surface area contributed by atoms with Gasteiger partial charge in [0, 0.05) is 75.2 Å². The standard InChI is InChI=1S/C78H111N9O22/c1-53-41-60-48-81-63-46-68(66(97-5)44-61(63)75(93)85(60)50-53)107-23-12-24-108-69-47-64-62(45-67(69)98-6)76(94)86-51-54(2)42-65(86)77(95)87(64)78(96)109-52-57-15-17-59(18-16-57)84-74(92)56(4)83-73(91)49-82-71(89)20-25-99-27-29-101-31-33-103-35-37-105-39-40-106-38-36-104-34-32-102-30-28-100-26-22-80-70(88)19-21-79-72(90)43-55(3)58-13-10-8-7-9-11-14-58/h15-18,44-48,50-51,55-56,58,60,65,77,95H,7-14,19-43,49,52H2,1-6H3,(H,79,90)(H,80,88)(H,82,89)(H,83,91)(H,84,92)/t55?,56-,60?,65-,77-/m0/s1. The SMILES string of the molecule is COc1cc2c(cc1OCCCOc1cc3c(cc1OC)C(=O)N1C=C(C)C[C@H]1[C@H](O)N3C(=O)OCc1ccc(NC(=O)[C@H](C)NC(=O)CNC(=O)CCOCCOCCOCCOCCOCCOCCOCCOCCNC(=O)CCNC(=O)CC(C)C3CCCCCCC3)cc1)N=CC1CC(C)=CN1C2=O. The van der Waals surface area contributed by atoms with Crippen LogP contribution in [0, 0.1) is 11.8 Å². The first-order chi connectivity index (χ1) is 52.9. The largest absolute Gasteiger partial charge is 0.493 e. The van der Waals surface area contributed by atoms with Crippen molar-refractivity contribution in [1.29, 1.82) is 0 Å². The minimum absolute atomic E-state index is 0.000883. The molecule has 1 saturated carbocycles. The van der Waals surface area contributed by atoms with Gasteiger partial charge in [0.05, 0.1) is 174 Å². The van der Waals surface area contributed by atoms with E-state index in [0.717, 1.165) is 16.0 Å². The number of carbonyl (C=O) groups is 8. The number of nitrogens with one attached hydrogen (secondary N) is 5. The Hall–Kier alpha value is -8.79. The first kappa shape index (κ1) is 85.8. The molecule has 0 radical (unpaired) electrons. The van der Waals surface area contributed by atoms with Gasteiger partial charge in [0.2, 0.25) is 29.5 Å². The van der Waals surface area contributed by atoms with Crippen molar-refractivity contribution >= 4 is 70.7 Å². The molecule has 31 heteroatoms. The van der Waals surface area contributed by atoms with E-state index in [9.17, 15) is 43.5 Å². The number of aliphatic imine (C=N–C) groups is 1. The van der Waals surface area contributed by atoms with Crippen molar-refractivity contribution in [2.75, 3.05) is 163 Å². The molecule has 8 amide bonds. The molecule has 5 aliphatic rings. The van der Waals surface area contributed by atoms with Gasteiger partial charge < -0.3 is 103 Å². The lowest BCUT2D eigenvalue weighted by molar-refractivity contribution is -0.128. The topological polar surface area (TPSA) is 359 Å². The second-order valence-electron chi connectivity index (χ2n) is 27.3. The number of aliphatic hydroxyl groups excluding tert-OH is 1. The van der Waals surface area contributed by atoms with Crippen molar-refractivity contribution in [1.82, 2.24) is 31.1 Å². The van der Waals surface area contributed by atoms with Crippen LogP contribution >= 0.6 is 0 Å². The monoisotopic (exact) mass is 1530 g/mol. The molecule has 31 nitrogen and oxygen atoms in total. The van der Waals surface area contributed by atoms with Gasteiger partial charge >= 0.3 is 6.09 Å². The van der Waals surface area contributed by atoms with Crippen LogP contribution in [-0.2, 0) is 73.2 Å². The lowest BCUT2D eigenvalue weighted by atomic mass is 9.81. The zero-order valence-electron chi connectivity index (χ0n) is 63.9. The lowest BCUT2D eigenvalue weighted by Gasteiger charge is -2.31. The van der Waals surface area contributed by atoms with E-state index in [4.69, 9.17) is 61.6 Å². The first-order valence-electron chi connectivity index (χ1n) is 37.9. The number of hydrogen-bond donors (Lipinski definition) is 6. The summed E-state index contributed by atoms with van der Waals surface area (Å²) in [6, 6.07) is 10.6. The Morgan fingerprint density at radius 3 is 1.69 bits per heavy atom. The molecular formula is C78H111N9O22. The van der Waals surface area contributed by atoms with Gasteiger partial charge in [-0.1, -0.05) is 75.1 Å². The highest BCUT2D eigenvalue weighted by molar-refractivity contribution is 6.07. The molecule has 600 valence electrons. The number of ether oxygens (including phenoxy) is 13. The predicted molar refractivity (Wildman–Crippen MR) is 402 cm³/mol. The number of hydrogen-bond acceptors (Lipinski definition) is 23. The molecule has 1 fully saturated rings. The first-order valence-corrected chi connectivity index (χ1v) is 37.9. The molecule has 0 spiro atoms. The third kappa shape index (κ3) is 28.2. The van der Waals surface area contributed by atoms with Crippen molar-refractivity contribution in [2.24, 2.45) is 16.8 Å². The Morgan fingerprint density at radius 1 is 0.560 bits per heavy atom. The van der Waals surface area contributed by atoms with Crippen LogP contribution in [0.15, 0.2) is 77.1 Å². The van der Waals surface area contributed by atoms with E-state index in [-0.39, 0.29) is 112 Å². The van der Waals surface area contributed by atoms with E-state index < -0.39 is 48.0 Å².